The van der Waals surface area contributed by atoms with Crippen LogP contribution in [0.3, 0.4) is 0 Å². The van der Waals surface area contributed by atoms with Gasteiger partial charge in [0.15, 0.2) is 0 Å². The molecular weight excluding hydrogens is 178 g/mol. The van der Waals surface area contributed by atoms with Gasteiger partial charge in [-0.25, -0.2) is 0 Å². The number of fused-ring (bicyclic) bond motifs is 1. The third-order valence-electron chi connectivity index (χ3n) is 2.56. The van der Waals surface area contributed by atoms with Crippen LogP contribution in [0.15, 0.2) is 6.20 Å². The number of aliphatic hydroxyl groups excluding tert-OH is 1. The minimum Gasteiger partial charge on any atom is -0.387 e. The predicted molar refractivity (Wildman–Crippen MR) is 52.7 cm³/mol. The quantitative estimate of drug-likeness (QED) is 0.726. The van der Waals surface area contributed by atoms with Crippen LogP contribution < -0.4 is 5.73 Å². The lowest BCUT2D eigenvalue weighted by Gasteiger charge is -2.09. The van der Waals surface area contributed by atoms with Gasteiger partial charge in [0, 0.05) is 0 Å². The van der Waals surface area contributed by atoms with Crippen LogP contribution >= 0.6 is 0 Å². The Labute approximate surface area is 83.2 Å². The van der Waals surface area contributed by atoms with E-state index in [4.69, 9.17) is 5.73 Å². The van der Waals surface area contributed by atoms with E-state index in [1.165, 1.54) is 0 Å². The number of hydrogen-bond donors (Lipinski definition) is 2. The highest BCUT2D eigenvalue weighted by Gasteiger charge is 2.16. The summed E-state index contributed by atoms with van der Waals surface area (Å²) >= 11 is 0. The maximum atomic E-state index is 9.67. The van der Waals surface area contributed by atoms with Gasteiger partial charge in [0.1, 0.15) is 0 Å². The summed E-state index contributed by atoms with van der Waals surface area (Å²) in [7, 11) is 0. The second-order valence-corrected chi connectivity index (χ2v) is 3.63. The highest BCUT2D eigenvalue weighted by molar-refractivity contribution is 5.19. The molecule has 0 bridgehead atoms. The van der Waals surface area contributed by atoms with Crippen LogP contribution in [0, 0.1) is 0 Å². The Balaban J connectivity index is 2.19. The number of aromatic nitrogens is 2. The summed E-state index contributed by atoms with van der Waals surface area (Å²) < 4.78 is 0. The molecule has 1 unspecified atom stereocenters. The van der Waals surface area contributed by atoms with Crippen LogP contribution in [0.25, 0.3) is 0 Å². The van der Waals surface area contributed by atoms with E-state index in [0.29, 0.717) is 18.7 Å². The molecular formula is C10H15N3O. The average molecular weight is 193 g/mol. The monoisotopic (exact) mass is 193 g/mol. The first kappa shape index (κ1) is 9.55. The zero-order valence-corrected chi connectivity index (χ0v) is 8.11. The second-order valence-electron chi connectivity index (χ2n) is 3.63. The molecule has 0 saturated heterocycles. The summed E-state index contributed by atoms with van der Waals surface area (Å²) in [4.78, 5) is 8.70. The Hall–Kier alpha value is -1.00. The first-order chi connectivity index (χ1) is 6.81. The van der Waals surface area contributed by atoms with E-state index in [2.05, 4.69) is 9.97 Å². The predicted octanol–water partition coefficient (Wildman–Crippen LogP) is 0.348. The van der Waals surface area contributed by atoms with Crippen molar-refractivity contribution in [3.8, 4) is 0 Å². The first-order valence-electron chi connectivity index (χ1n) is 5.04. The van der Waals surface area contributed by atoms with Gasteiger partial charge in [-0.15, -0.1) is 0 Å². The average Bonchev–Trinajstić information content (AvgIpc) is 2.64. The lowest BCUT2D eigenvalue weighted by Crippen LogP contribution is -2.09. The summed E-state index contributed by atoms with van der Waals surface area (Å²) in [5, 5.41) is 9.67. The molecule has 14 heavy (non-hydrogen) atoms. The van der Waals surface area contributed by atoms with Crippen molar-refractivity contribution in [3.05, 3.63) is 23.3 Å². The first-order valence-corrected chi connectivity index (χ1v) is 5.04. The summed E-state index contributed by atoms with van der Waals surface area (Å²) in [5.41, 5.74) is 8.18. The Morgan fingerprint density at radius 3 is 3.00 bits per heavy atom. The fourth-order valence-electron chi connectivity index (χ4n) is 1.77. The molecule has 0 fully saturated rings. The van der Waals surface area contributed by atoms with Crippen LogP contribution in [-0.4, -0.2) is 21.6 Å². The number of rotatable bonds is 3. The van der Waals surface area contributed by atoms with E-state index < -0.39 is 6.10 Å². The maximum absolute atomic E-state index is 9.67. The van der Waals surface area contributed by atoms with Crippen molar-refractivity contribution < 1.29 is 5.11 Å². The van der Waals surface area contributed by atoms with E-state index in [-0.39, 0.29) is 0 Å². The van der Waals surface area contributed by atoms with Crippen molar-refractivity contribution in [2.45, 2.75) is 31.8 Å². The molecule has 4 nitrogen and oxygen atoms in total. The van der Waals surface area contributed by atoms with E-state index in [1.807, 2.05) is 0 Å². The molecule has 1 aliphatic carbocycles. The molecule has 1 atom stereocenters. The lowest BCUT2D eigenvalue weighted by atomic mass is 10.2. The Morgan fingerprint density at radius 2 is 2.21 bits per heavy atom. The maximum Gasteiger partial charge on any atom is 0.0987 e. The summed E-state index contributed by atoms with van der Waals surface area (Å²) in [5.74, 6) is 0. The van der Waals surface area contributed by atoms with Crippen LogP contribution in [0.4, 0.5) is 0 Å². The molecule has 1 aliphatic rings. The van der Waals surface area contributed by atoms with E-state index in [1.54, 1.807) is 6.20 Å². The molecule has 0 aliphatic heterocycles. The molecule has 3 N–H and O–H groups in total. The minimum absolute atomic E-state index is 0.472. The molecule has 1 aromatic rings. The lowest BCUT2D eigenvalue weighted by molar-refractivity contribution is 0.165. The third kappa shape index (κ3) is 1.76. The molecule has 1 heterocycles. The normalized spacial score (nSPS) is 16.7. The van der Waals surface area contributed by atoms with Gasteiger partial charge in [-0.3, -0.25) is 9.97 Å². The molecule has 4 heteroatoms. The smallest absolute Gasteiger partial charge is 0.0987 e. The highest BCUT2D eigenvalue weighted by Crippen LogP contribution is 2.20. The summed E-state index contributed by atoms with van der Waals surface area (Å²) in [6, 6.07) is 0. The number of nitrogens with zero attached hydrogens (tertiary/aromatic N) is 2. The van der Waals surface area contributed by atoms with Gasteiger partial charge < -0.3 is 10.8 Å². The largest absolute Gasteiger partial charge is 0.387 e. The van der Waals surface area contributed by atoms with Crippen molar-refractivity contribution in [2.75, 3.05) is 6.54 Å². The van der Waals surface area contributed by atoms with E-state index >= 15 is 0 Å². The van der Waals surface area contributed by atoms with Crippen LogP contribution in [0.5, 0.6) is 0 Å². The van der Waals surface area contributed by atoms with Crippen molar-refractivity contribution in [2.24, 2.45) is 5.73 Å². The van der Waals surface area contributed by atoms with Gasteiger partial charge in [-0.05, 0) is 32.2 Å². The van der Waals surface area contributed by atoms with Gasteiger partial charge in [0.2, 0.25) is 0 Å². The van der Waals surface area contributed by atoms with Gasteiger partial charge in [0.25, 0.3) is 0 Å². The van der Waals surface area contributed by atoms with Gasteiger partial charge in [0.05, 0.1) is 29.4 Å². The number of hydrogen-bond acceptors (Lipinski definition) is 4. The topological polar surface area (TPSA) is 72.0 Å². The Morgan fingerprint density at radius 1 is 1.43 bits per heavy atom. The molecule has 2 rings (SSSR count). The molecule has 1 aromatic heterocycles. The number of aliphatic hydroxyl groups is 1. The van der Waals surface area contributed by atoms with Crippen LogP contribution in [0.2, 0.25) is 0 Å². The summed E-state index contributed by atoms with van der Waals surface area (Å²) in [6.45, 7) is 0.472. The fraction of sp³-hybridized carbons (Fsp3) is 0.600. The van der Waals surface area contributed by atoms with E-state index in [9.17, 15) is 5.11 Å². The highest BCUT2D eigenvalue weighted by atomic mass is 16.3. The van der Waals surface area contributed by atoms with Crippen molar-refractivity contribution in [3.63, 3.8) is 0 Å². The molecule has 0 spiro atoms. The molecule has 0 aromatic carbocycles. The zero-order valence-electron chi connectivity index (χ0n) is 8.11. The number of nitrogens with two attached hydrogens (primary N) is 1. The minimum atomic E-state index is -0.557. The number of aryl methyl sites for hydroxylation is 2. The van der Waals surface area contributed by atoms with Crippen LogP contribution in [0.1, 0.15) is 36.0 Å². The molecule has 0 radical (unpaired) electrons. The van der Waals surface area contributed by atoms with Gasteiger partial charge >= 0.3 is 0 Å². The second kappa shape index (κ2) is 4.02. The van der Waals surface area contributed by atoms with Crippen molar-refractivity contribution in [1.82, 2.24) is 9.97 Å². The molecule has 0 saturated carbocycles. The van der Waals surface area contributed by atoms with Crippen molar-refractivity contribution >= 4 is 0 Å². The van der Waals surface area contributed by atoms with Gasteiger partial charge in [-0.1, -0.05) is 0 Å². The molecule has 76 valence electrons. The van der Waals surface area contributed by atoms with Gasteiger partial charge in [-0.2, -0.15) is 0 Å². The Kier molecular flexibility index (Phi) is 2.74. The van der Waals surface area contributed by atoms with Crippen molar-refractivity contribution in [1.29, 1.82) is 0 Å². The van der Waals surface area contributed by atoms with Crippen LogP contribution in [-0.2, 0) is 12.8 Å². The third-order valence-corrected chi connectivity index (χ3v) is 2.56. The Bertz CT molecular complexity index is 327. The SMILES string of the molecule is NCCC(O)c1cnc2c(n1)CCC2. The molecule has 0 amide bonds. The fourth-order valence-corrected chi connectivity index (χ4v) is 1.77. The zero-order chi connectivity index (χ0) is 9.97. The standard InChI is InChI=1S/C10H15N3O/c11-5-4-10(14)9-6-12-7-2-1-3-8(7)13-9/h6,10,14H,1-5,11H2. The van der Waals surface area contributed by atoms with E-state index in [0.717, 1.165) is 30.7 Å². The summed E-state index contributed by atoms with van der Waals surface area (Å²) in [6.07, 6.45) is 4.81.